The molecule has 0 radical (unpaired) electrons. The number of hydrogen-bond donors (Lipinski definition) is 1. The summed E-state index contributed by atoms with van der Waals surface area (Å²) in [5.74, 6) is 1.79. The Bertz CT molecular complexity index is 528. The summed E-state index contributed by atoms with van der Waals surface area (Å²) in [5.41, 5.74) is 6.51. The van der Waals surface area contributed by atoms with Gasteiger partial charge in [0.05, 0.1) is 7.11 Å². The summed E-state index contributed by atoms with van der Waals surface area (Å²) in [7, 11) is 1.62. The Kier molecular flexibility index (Phi) is 3.38. The van der Waals surface area contributed by atoms with Crippen LogP contribution in [-0.4, -0.2) is 12.3 Å². The Morgan fingerprint density at radius 1 is 1.50 bits per heavy atom. The average molecular weight is 395 g/mol. The van der Waals surface area contributed by atoms with E-state index in [2.05, 4.69) is 43.7 Å². The molecule has 0 aliphatic heterocycles. The highest BCUT2D eigenvalue weighted by Gasteiger charge is 2.16. The summed E-state index contributed by atoms with van der Waals surface area (Å²) in [6.07, 6.45) is 0. The van der Waals surface area contributed by atoms with Crippen LogP contribution in [0, 0.1) is 3.57 Å². The maximum Gasteiger partial charge on any atom is 0.183 e. The molecule has 0 aliphatic carbocycles. The highest BCUT2D eigenvalue weighted by Crippen LogP contribution is 2.36. The van der Waals surface area contributed by atoms with Crippen LogP contribution in [0.25, 0.3) is 11.3 Å². The molecule has 84 valence electrons. The fourth-order valence-electron chi connectivity index (χ4n) is 1.26. The Labute approximate surface area is 114 Å². The van der Waals surface area contributed by atoms with E-state index in [0.29, 0.717) is 11.6 Å². The van der Waals surface area contributed by atoms with Gasteiger partial charge in [-0.2, -0.15) is 0 Å². The number of benzene rings is 1. The molecule has 16 heavy (non-hydrogen) atoms. The summed E-state index contributed by atoms with van der Waals surface area (Å²) in [5, 5.41) is 3.72. The van der Waals surface area contributed by atoms with Crippen LogP contribution in [0.15, 0.2) is 27.2 Å². The van der Waals surface area contributed by atoms with Gasteiger partial charge in [0.2, 0.25) is 0 Å². The number of methoxy groups -OCH3 is 1. The molecule has 1 heterocycles. The van der Waals surface area contributed by atoms with Gasteiger partial charge in [-0.15, -0.1) is 0 Å². The molecule has 1 aromatic heterocycles. The summed E-state index contributed by atoms with van der Waals surface area (Å²) in [6, 6.07) is 5.62. The number of rotatable bonds is 2. The SMILES string of the molecule is COc1ccc(Br)c(-c2onc(N)c2I)c1. The van der Waals surface area contributed by atoms with Gasteiger partial charge in [-0.1, -0.05) is 21.1 Å². The molecule has 0 atom stereocenters. The van der Waals surface area contributed by atoms with Gasteiger partial charge in [0.15, 0.2) is 11.6 Å². The summed E-state index contributed by atoms with van der Waals surface area (Å²) in [4.78, 5) is 0. The third-order valence-electron chi connectivity index (χ3n) is 2.08. The molecular formula is C10H8BrIN2O2. The second-order valence-corrected chi connectivity index (χ2v) is 4.99. The van der Waals surface area contributed by atoms with Crippen molar-refractivity contribution in [2.75, 3.05) is 12.8 Å². The minimum absolute atomic E-state index is 0.394. The predicted molar refractivity (Wildman–Crippen MR) is 73.3 cm³/mol. The second-order valence-electron chi connectivity index (χ2n) is 3.06. The number of hydrogen-bond acceptors (Lipinski definition) is 4. The Morgan fingerprint density at radius 2 is 2.25 bits per heavy atom. The third-order valence-corrected chi connectivity index (χ3v) is 3.81. The van der Waals surface area contributed by atoms with Crippen LogP contribution >= 0.6 is 38.5 Å². The predicted octanol–water partition coefficient (Wildman–Crippen LogP) is 3.30. The Morgan fingerprint density at radius 3 is 2.81 bits per heavy atom. The zero-order valence-corrected chi connectivity index (χ0v) is 12.1. The van der Waals surface area contributed by atoms with Gasteiger partial charge in [0.1, 0.15) is 9.32 Å². The summed E-state index contributed by atoms with van der Waals surface area (Å²) < 4.78 is 12.1. The zero-order chi connectivity index (χ0) is 11.7. The quantitative estimate of drug-likeness (QED) is 0.794. The lowest BCUT2D eigenvalue weighted by molar-refractivity contribution is 0.413. The van der Waals surface area contributed by atoms with E-state index >= 15 is 0 Å². The highest BCUT2D eigenvalue weighted by atomic mass is 127. The number of ether oxygens (including phenoxy) is 1. The van der Waals surface area contributed by atoms with E-state index in [1.54, 1.807) is 7.11 Å². The van der Waals surface area contributed by atoms with Gasteiger partial charge in [0.25, 0.3) is 0 Å². The van der Waals surface area contributed by atoms with E-state index in [0.717, 1.165) is 19.4 Å². The topological polar surface area (TPSA) is 61.3 Å². The van der Waals surface area contributed by atoms with E-state index in [1.165, 1.54) is 0 Å². The summed E-state index contributed by atoms with van der Waals surface area (Å²) >= 11 is 5.55. The summed E-state index contributed by atoms with van der Waals surface area (Å²) in [6.45, 7) is 0. The molecule has 0 saturated carbocycles. The van der Waals surface area contributed by atoms with Crippen molar-refractivity contribution in [2.24, 2.45) is 0 Å². The molecule has 0 amide bonds. The normalized spacial score (nSPS) is 10.4. The van der Waals surface area contributed by atoms with Crippen molar-refractivity contribution in [1.29, 1.82) is 0 Å². The molecule has 4 nitrogen and oxygen atoms in total. The van der Waals surface area contributed by atoms with Gasteiger partial charge in [0, 0.05) is 10.0 Å². The molecule has 0 aliphatic rings. The van der Waals surface area contributed by atoms with Crippen LogP contribution in [0.5, 0.6) is 5.75 Å². The van der Waals surface area contributed by atoms with Crippen molar-refractivity contribution >= 4 is 44.3 Å². The first kappa shape index (κ1) is 11.7. The van der Waals surface area contributed by atoms with Crippen LogP contribution < -0.4 is 10.5 Å². The van der Waals surface area contributed by atoms with Gasteiger partial charge in [-0.25, -0.2) is 0 Å². The molecule has 0 saturated heterocycles. The van der Waals surface area contributed by atoms with E-state index in [-0.39, 0.29) is 0 Å². The van der Waals surface area contributed by atoms with E-state index in [9.17, 15) is 0 Å². The van der Waals surface area contributed by atoms with Crippen molar-refractivity contribution in [2.45, 2.75) is 0 Å². The number of halogens is 2. The number of anilines is 1. The van der Waals surface area contributed by atoms with Gasteiger partial charge in [-0.3, -0.25) is 0 Å². The van der Waals surface area contributed by atoms with Crippen molar-refractivity contribution in [3.8, 4) is 17.1 Å². The molecule has 0 fully saturated rings. The average Bonchev–Trinajstić information content (AvgIpc) is 2.61. The first-order valence-corrected chi connectivity index (χ1v) is 6.25. The smallest absolute Gasteiger partial charge is 0.183 e. The molecule has 0 bridgehead atoms. The molecule has 6 heteroatoms. The lowest BCUT2D eigenvalue weighted by atomic mass is 10.1. The van der Waals surface area contributed by atoms with Crippen LogP contribution in [0.3, 0.4) is 0 Å². The maximum absolute atomic E-state index is 5.64. The third kappa shape index (κ3) is 2.03. The molecular weight excluding hydrogens is 387 g/mol. The molecule has 2 rings (SSSR count). The van der Waals surface area contributed by atoms with Crippen LogP contribution in [0.1, 0.15) is 0 Å². The van der Waals surface area contributed by atoms with Crippen LogP contribution in [0.4, 0.5) is 5.82 Å². The van der Waals surface area contributed by atoms with Crippen molar-refractivity contribution < 1.29 is 9.26 Å². The fourth-order valence-corrected chi connectivity index (χ4v) is 2.18. The molecule has 0 spiro atoms. The lowest BCUT2D eigenvalue weighted by Gasteiger charge is -2.04. The van der Waals surface area contributed by atoms with Gasteiger partial charge in [-0.05, 0) is 40.8 Å². The Hall–Kier alpha value is -0.760. The monoisotopic (exact) mass is 394 g/mol. The first-order valence-electron chi connectivity index (χ1n) is 4.38. The number of nitrogens with zero attached hydrogens (tertiary/aromatic N) is 1. The van der Waals surface area contributed by atoms with Crippen molar-refractivity contribution in [1.82, 2.24) is 5.16 Å². The van der Waals surface area contributed by atoms with Crippen molar-refractivity contribution in [3.63, 3.8) is 0 Å². The molecule has 1 aromatic carbocycles. The lowest BCUT2D eigenvalue weighted by Crippen LogP contribution is -1.88. The standard InChI is InChI=1S/C10H8BrIN2O2/c1-15-5-2-3-7(11)6(4-5)9-8(12)10(13)14-16-9/h2-4H,1H3,(H2,13,14). The maximum atomic E-state index is 5.64. The number of nitrogen functional groups attached to an aromatic ring is 1. The van der Waals surface area contributed by atoms with E-state index in [1.807, 2.05) is 18.2 Å². The molecule has 2 N–H and O–H groups in total. The highest BCUT2D eigenvalue weighted by molar-refractivity contribution is 14.1. The molecule has 2 aromatic rings. The van der Waals surface area contributed by atoms with Crippen molar-refractivity contribution in [3.05, 3.63) is 26.2 Å². The first-order chi connectivity index (χ1) is 7.63. The fraction of sp³-hybridized carbons (Fsp3) is 0.100. The number of aromatic nitrogens is 1. The van der Waals surface area contributed by atoms with Crippen LogP contribution in [-0.2, 0) is 0 Å². The molecule has 0 unspecified atom stereocenters. The Balaban J connectivity index is 2.59. The van der Waals surface area contributed by atoms with E-state index < -0.39 is 0 Å². The van der Waals surface area contributed by atoms with E-state index in [4.69, 9.17) is 15.0 Å². The largest absolute Gasteiger partial charge is 0.497 e. The second kappa shape index (κ2) is 4.62. The zero-order valence-electron chi connectivity index (χ0n) is 8.33. The van der Waals surface area contributed by atoms with Gasteiger partial charge >= 0.3 is 0 Å². The van der Waals surface area contributed by atoms with Gasteiger partial charge < -0.3 is 15.0 Å². The van der Waals surface area contributed by atoms with Crippen LogP contribution in [0.2, 0.25) is 0 Å². The number of nitrogens with two attached hydrogens (primary N) is 1. The minimum atomic E-state index is 0.394. The minimum Gasteiger partial charge on any atom is -0.497 e.